The molecular weight excluding hydrogens is 356 g/mol. The van der Waals surface area contributed by atoms with Crippen molar-refractivity contribution in [3.63, 3.8) is 0 Å². The summed E-state index contributed by atoms with van der Waals surface area (Å²) in [5, 5.41) is 0. The molecule has 144 valence electrons. The van der Waals surface area contributed by atoms with Gasteiger partial charge >= 0.3 is 0 Å². The Morgan fingerprint density at radius 2 is 1.21 bits per heavy atom. The van der Waals surface area contributed by atoms with E-state index in [0.717, 1.165) is 47.9 Å². The van der Waals surface area contributed by atoms with Crippen molar-refractivity contribution in [3.8, 4) is 0 Å². The topological polar surface area (TPSA) is 26.3 Å². The van der Waals surface area contributed by atoms with Gasteiger partial charge in [0, 0.05) is 5.56 Å². The average Bonchev–Trinajstić information content (AvgIpc) is 3.28. The first-order valence-corrected chi connectivity index (χ1v) is 10.4. The maximum Gasteiger partial charge on any atom is 0.177 e. The highest BCUT2D eigenvalue weighted by Gasteiger charge is 2.54. The summed E-state index contributed by atoms with van der Waals surface area (Å²) in [6.07, 6.45) is 3.65. The highest BCUT2D eigenvalue weighted by molar-refractivity contribution is 6.30. The second-order valence-electron chi connectivity index (χ2n) is 8.04. The summed E-state index contributed by atoms with van der Waals surface area (Å²) in [6, 6.07) is 30.3. The van der Waals surface area contributed by atoms with E-state index in [4.69, 9.17) is 4.74 Å². The number of rotatable bonds is 3. The largest absolute Gasteiger partial charge is 0.483 e. The second-order valence-corrected chi connectivity index (χ2v) is 8.04. The third-order valence-electron chi connectivity index (χ3n) is 6.34. The number of allylic oxidation sites excluding steroid dienone is 1. The van der Waals surface area contributed by atoms with Gasteiger partial charge < -0.3 is 4.74 Å². The Morgan fingerprint density at radius 3 is 1.79 bits per heavy atom. The molecule has 0 radical (unpaired) electrons. The zero-order chi connectivity index (χ0) is 19.7. The maximum absolute atomic E-state index is 14.2. The summed E-state index contributed by atoms with van der Waals surface area (Å²) in [5.74, 6) is 0.938. The Balaban J connectivity index is 1.75. The molecule has 1 saturated carbocycles. The Kier molecular flexibility index (Phi) is 4.55. The van der Waals surface area contributed by atoms with Gasteiger partial charge in [0.25, 0.3) is 0 Å². The molecule has 1 aliphatic carbocycles. The van der Waals surface area contributed by atoms with Gasteiger partial charge in [-0.1, -0.05) is 104 Å². The molecule has 3 aromatic carbocycles. The van der Waals surface area contributed by atoms with E-state index in [1.54, 1.807) is 0 Å². The summed E-state index contributed by atoms with van der Waals surface area (Å²) in [4.78, 5) is 14.2. The van der Waals surface area contributed by atoms with Crippen LogP contribution in [-0.4, -0.2) is 5.78 Å². The summed E-state index contributed by atoms with van der Waals surface area (Å²) < 4.78 is 6.79. The van der Waals surface area contributed by atoms with Crippen molar-refractivity contribution in [1.29, 1.82) is 0 Å². The molecule has 0 N–H and O–H groups in total. The Hall–Kier alpha value is -3.13. The molecule has 5 rings (SSSR count). The van der Waals surface area contributed by atoms with Crippen LogP contribution in [0, 0.1) is 5.41 Å². The van der Waals surface area contributed by atoms with Gasteiger partial charge in [0.2, 0.25) is 0 Å². The molecule has 0 saturated heterocycles. The first-order valence-electron chi connectivity index (χ1n) is 10.4. The minimum atomic E-state index is -0.481. The lowest BCUT2D eigenvalue weighted by atomic mass is 9.68. The fraction of sp³-hybridized carbons (Fsp3) is 0.222. The standard InChI is InChI=1S/C27H24O2/c28-25-23(20-12-4-1-5-13-20)24(21-14-6-2-7-15-21)29-26(22-16-8-3-9-17-22)27(25)18-10-11-19-27/h1-9,12-17,26H,10-11,18-19H2/t26-/m1/s1. The zero-order valence-electron chi connectivity index (χ0n) is 16.4. The number of carbonyl (C=O) groups is 1. The molecule has 2 aliphatic rings. The van der Waals surface area contributed by atoms with Crippen LogP contribution in [0.2, 0.25) is 0 Å². The van der Waals surface area contributed by atoms with Crippen molar-refractivity contribution in [2.75, 3.05) is 0 Å². The van der Waals surface area contributed by atoms with Crippen molar-refractivity contribution < 1.29 is 9.53 Å². The predicted octanol–water partition coefficient (Wildman–Crippen LogP) is 6.46. The summed E-state index contributed by atoms with van der Waals surface area (Å²) in [6.45, 7) is 0. The van der Waals surface area contributed by atoms with Crippen LogP contribution in [0.25, 0.3) is 11.3 Å². The fourth-order valence-corrected chi connectivity index (χ4v) is 4.94. The van der Waals surface area contributed by atoms with Crippen molar-refractivity contribution >= 4 is 17.1 Å². The van der Waals surface area contributed by atoms with Gasteiger partial charge in [0.15, 0.2) is 5.78 Å². The van der Waals surface area contributed by atoms with Gasteiger partial charge in [-0.2, -0.15) is 0 Å². The van der Waals surface area contributed by atoms with Gasteiger partial charge in [-0.15, -0.1) is 0 Å². The summed E-state index contributed by atoms with van der Waals surface area (Å²) >= 11 is 0. The monoisotopic (exact) mass is 380 g/mol. The molecule has 3 aromatic rings. The Labute approximate surface area is 171 Å². The molecule has 1 atom stereocenters. The van der Waals surface area contributed by atoms with E-state index in [0.29, 0.717) is 5.76 Å². The highest BCUT2D eigenvalue weighted by atomic mass is 16.5. The normalized spacial score (nSPS) is 20.7. The van der Waals surface area contributed by atoms with Crippen molar-refractivity contribution in [1.82, 2.24) is 0 Å². The molecule has 1 spiro atoms. The molecule has 1 aliphatic heterocycles. The average molecular weight is 380 g/mol. The first-order chi connectivity index (χ1) is 14.3. The number of hydrogen-bond acceptors (Lipinski definition) is 2. The van der Waals surface area contributed by atoms with E-state index in [-0.39, 0.29) is 11.9 Å². The van der Waals surface area contributed by atoms with Crippen LogP contribution in [0.4, 0.5) is 0 Å². The molecule has 29 heavy (non-hydrogen) atoms. The van der Waals surface area contributed by atoms with E-state index >= 15 is 0 Å². The number of ketones is 1. The lowest BCUT2D eigenvalue weighted by Crippen LogP contribution is -2.40. The van der Waals surface area contributed by atoms with Crippen LogP contribution < -0.4 is 0 Å². The number of hydrogen-bond donors (Lipinski definition) is 0. The maximum atomic E-state index is 14.2. The number of Topliss-reactive ketones (excluding diaryl/α,β-unsaturated/α-hetero) is 1. The van der Waals surface area contributed by atoms with Crippen molar-refractivity contribution in [2.45, 2.75) is 31.8 Å². The SMILES string of the molecule is O=C1C(c2ccccc2)=C(c2ccccc2)O[C@H](c2ccccc2)C12CCCC2. The molecular formula is C27H24O2. The lowest BCUT2D eigenvalue weighted by Gasteiger charge is -2.42. The van der Waals surface area contributed by atoms with Gasteiger partial charge in [0.1, 0.15) is 11.9 Å². The minimum absolute atomic E-state index is 0.236. The van der Waals surface area contributed by atoms with Gasteiger partial charge in [-0.05, 0) is 24.0 Å². The van der Waals surface area contributed by atoms with E-state index in [2.05, 4.69) is 12.1 Å². The number of benzene rings is 3. The molecule has 0 amide bonds. The zero-order valence-corrected chi connectivity index (χ0v) is 16.4. The van der Waals surface area contributed by atoms with Gasteiger partial charge in [-0.25, -0.2) is 0 Å². The van der Waals surface area contributed by atoms with Crippen molar-refractivity contribution in [2.24, 2.45) is 5.41 Å². The summed E-state index contributed by atoms with van der Waals surface area (Å²) in [7, 11) is 0. The van der Waals surface area contributed by atoms with Crippen LogP contribution in [0.5, 0.6) is 0 Å². The molecule has 1 fully saturated rings. The van der Waals surface area contributed by atoms with Crippen LogP contribution in [0.3, 0.4) is 0 Å². The fourth-order valence-electron chi connectivity index (χ4n) is 4.94. The highest BCUT2D eigenvalue weighted by Crippen LogP contribution is 2.57. The molecule has 2 heteroatoms. The van der Waals surface area contributed by atoms with Crippen molar-refractivity contribution in [3.05, 3.63) is 108 Å². The summed E-state index contributed by atoms with van der Waals surface area (Å²) in [5.41, 5.74) is 3.22. The van der Waals surface area contributed by atoms with Gasteiger partial charge in [0.05, 0.1) is 11.0 Å². The van der Waals surface area contributed by atoms with Crippen LogP contribution >= 0.6 is 0 Å². The van der Waals surface area contributed by atoms with Gasteiger partial charge in [-0.3, -0.25) is 4.79 Å². The van der Waals surface area contributed by atoms with Crippen LogP contribution in [0.15, 0.2) is 91.0 Å². The van der Waals surface area contributed by atoms with E-state index in [1.807, 2.05) is 78.9 Å². The Bertz CT molecular complexity index is 1030. The lowest BCUT2D eigenvalue weighted by molar-refractivity contribution is -0.131. The van der Waals surface area contributed by atoms with Crippen LogP contribution in [-0.2, 0) is 9.53 Å². The van der Waals surface area contributed by atoms with E-state index in [9.17, 15) is 4.79 Å². The molecule has 0 aromatic heterocycles. The second kappa shape index (κ2) is 7.36. The quantitative estimate of drug-likeness (QED) is 0.521. The molecule has 0 unspecified atom stereocenters. The molecule has 2 nitrogen and oxygen atoms in total. The van der Waals surface area contributed by atoms with E-state index < -0.39 is 5.41 Å². The van der Waals surface area contributed by atoms with Crippen LogP contribution in [0.1, 0.15) is 48.5 Å². The number of carbonyl (C=O) groups excluding carboxylic acids is 1. The molecule has 1 heterocycles. The minimum Gasteiger partial charge on any atom is -0.483 e. The number of ether oxygens (including phenoxy) is 1. The van der Waals surface area contributed by atoms with E-state index in [1.165, 1.54) is 0 Å². The third-order valence-corrected chi connectivity index (χ3v) is 6.34. The Morgan fingerprint density at radius 1 is 0.690 bits per heavy atom. The predicted molar refractivity (Wildman–Crippen MR) is 116 cm³/mol. The molecule has 0 bridgehead atoms. The third kappa shape index (κ3) is 3.00. The first kappa shape index (κ1) is 17.9. The smallest absolute Gasteiger partial charge is 0.177 e.